The number of rotatable bonds is 2. The van der Waals surface area contributed by atoms with E-state index in [9.17, 15) is 4.79 Å². The summed E-state index contributed by atoms with van der Waals surface area (Å²) in [6.07, 6.45) is 9.03. The summed E-state index contributed by atoms with van der Waals surface area (Å²) in [7, 11) is 0. The van der Waals surface area contributed by atoms with Crippen LogP contribution in [0, 0.1) is 0 Å². The molecule has 0 aliphatic heterocycles. The first-order chi connectivity index (χ1) is 7.31. The van der Waals surface area contributed by atoms with Crippen LogP contribution in [0.15, 0.2) is 54.4 Å². The molecule has 1 aromatic rings. The Morgan fingerprint density at radius 1 is 1.33 bits per heavy atom. The Labute approximate surface area is 88.7 Å². The highest BCUT2D eigenvalue weighted by Gasteiger charge is 2.09. The summed E-state index contributed by atoms with van der Waals surface area (Å²) in [4.78, 5) is 14.7. The van der Waals surface area contributed by atoms with E-state index in [0.717, 1.165) is 29.4 Å². The van der Waals surface area contributed by atoms with Crippen LogP contribution >= 0.6 is 0 Å². The zero-order valence-electron chi connectivity index (χ0n) is 8.31. The van der Waals surface area contributed by atoms with Crippen molar-refractivity contribution in [3.8, 4) is 0 Å². The van der Waals surface area contributed by atoms with Crippen LogP contribution in [0.3, 0.4) is 0 Å². The molecule has 1 aliphatic carbocycles. The van der Waals surface area contributed by atoms with E-state index in [1.807, 2.05) is 18.2 Å². The van der Waals surface area contributed by atoms with Crippen molar-refractivity contribution in [2.24, 2.45) is 0 Å². The van der Waals surface area contributed by atoms with Gasteiger partial charge >= 0.3 is 0 Å². The minimum absolute atomic E-state index is 0.685. The van der Waals surface area contributed by atoms with Crippen LogP contribution in [0.5, 0.6) is 0 Å². The molecule has 0 N–H and O–H groups in total. The predicted octanol–water partition coefficient (Wildman–Crippen LogP) is 2.55. The van der Waals surface area contributed by atoms with Crippen molar-refractivity contribution in [1.29, 1.82) is 0 Å². The van der Waals surface area contributed by atoms with Crippen molar-refractivity contribution in [3.63, 3.8) is 0 Å². The normalized spacial score (nSPS) is 15.6. The lowest BCUT2D eigenvalue weighted by molar-refractivity contribution is -0.104. The summed E-state index contributed by atoms with van der Waals surface area (Å²) in [6, 6.07) is 3.86. The lowest BCUT2D eigenvalue weighted by atomic mass is 9.93. The minimum atomic E-state index is 0.685. The number of pyridine rings is 1. The fraction of sp³-hybridized carbons (Fsp3) is 0.0769. The fourth-order valence-corrected chi connectivity index (χ4v) is 1.54. The zero-order valence-corrected chi connectivity index (χ0v) is 8.31. The second-order valence-electron chi connectivity index (χ2n) is 3.42. The van der Waals surface area contributed by atoms with E-state index < -0.39 is 0 Å². The smallest absolute Gasteiger partial charge is 0.150 e. The number of hydrogen-bond acceptors (Lipinski definition) is 2. The molecular formula is C13H11NO. The highest BCUT2D eigenvalue weighted by Crippen LogP contribution is 2.26. The van der Waals surface area contributed by atoms with Gasteiger partial charge < -0.3 is 0 Å². The number of allylic oxidation sites excluding steroid dienone is 5. The highest BCUT2D eigenvalue weighted by atomic mass is 16.1. The Hall–Kier alpha value is -1.96. The van der Waals surface area contributed by atoms with Crippen LogP contribution in [0.4, 0.5) is 0 Å². The molecule has 74 valence electrons. The minimum Gasteiger partial charge on any atom is -0.298 e. The van der Waals surface area contributed by atoms with Crippen molar-refractivity contribution in [2.75, 3.05) is 0 Å². The van der Waals surface area contributed by atoms with E-state index in [2.05, 4.69) is 17.6 Å². The second-order valence-corrected chi connectivity index (χ2v) is 3.42. The van der Waals surface area contributed by atoms with Crippen molar-refractivity contribution in [2.45, 2.75) is 6.42 Å². The van der Waals surface area contributed by atoms with E-state index >= 15 is 0 Å². The standard InChI is InChI=1S/C13H11NO/c1-10-2-3-12(8-13(10)9-15)11-4-6-14-7-5-11/h3-9H,1-2H2. The van der Waals surface area contributed by atoms with Gasteiger partial charge in [0.1, 0.15) is 6.29 Å². The SMILES string of the molecule is C=C1CC=C(c2ccncc2)C=C1C=O. The topological polar surface area (TPSA) is 30.0 Å². The third-order valence-electron chi connectivity index (χ3n) is 2.43. The van der Waals surface area contributed by atoms with Crippen molar-refractivity contribution >= 4 is 11.9 Å². The largest absolute Gasteiger partial charge is 0.298 e. The van der Waals surface area contributed by atoms with Crippen molar-refractivity contribution < 1.29 is 4.79 Å². The van der Waals surface area contributed by atoms with E-state index in [1.165, 1.54) is 0 Å². The Kier molecular flexibility index (Phi) is 2.59. The van der Waals surface area contributed by atoms with Gasteiger partial charge in [-0.05, 0) is 41.3 Å². The molecule has 2 rings (SSSR count). The van der Waals surface area contributed by atoms with E-state index in [0.29, 0.717) is 5.57 Å². The van der Waals surface area contributed by atoms with Gasteiger partial charge in [0.15, 0.2) is 0 Å². The second kappa shape index (κ2) is 4.05. The van der Waals surface area contributed by atoms with Crippen LogP contribution in [-0.4, -0.2) is 11.3 Å². The first-order valence-corrected chi connectivity index (χ1v) is 4.77. The summed E-state index contributed by atoms with van der Waals surface area (Å²) in [5.41, 5.74) is 3.70. The number of aldehydes is 1. The van der Waals surface area contributed by atoms with Crippen LogP contribution < -0.4 is 0 Å². The Morgan fingerprint density at radius 2 is 2.07 bits per heavy atom. The first kappa shape index (κ1) is 9.59. The Bertz CT molecular complexity index is 455. The molecule has 0 radical (unpaired) electrons. The molecule has 0 amide bonds. The number of carbonyl (C=O) groups excluding carboxylic acids is 1. The summed E-state index contributed by atoms with van der Waals surface area (Å²) >= 11 is 0. The molecule has 1 aliphatic rings. The number of hydrogen-bond donors (Lipinski definition) is 0. The van der Waals surface area contributed by atoms with E-state index in [4.69, 9.17) is 0 Å². The van der Waals surface area contributed by atoms with E-state index in [1.54, 1.807) is 12.4 Å². The van der Waals surface area contributed by atoms with Gasteiger partial charge in [-0.2, -0.15) is 0 Å². The third kappa shape index (κ3) is 1.94. The lowest BCUT2D eigenvalue weighted by Gasteiger charge is -2.12. The van der Waals surface area contributed by atoms with Gasteiger partial charge in [0, 0.05) is 18.0 Å². The van der Waals surface area contributed by atoms with Gasteiger partial charge in [0.05, 0.1) is 0 Å². The molecule has 2 heteroatoms. The van der Waals surface area contributed by atoms with Crippen LogP contribution in [0.25, 0.3) is 5.57 Å². The molecule has 0 saturated heterocycles. The monoisotopic (exact) mass is 197 g/mol. The maximum absolute atomic E-state index is 10.8. The fourth-order valence-electron chi connectivity index (χ4n) is 1.54. The average molecular weight is 197 g/mol. The molecule has 0 bridgehead atoms. The predicted molar refractivity (Wildman–Crippen MR) is 60.1 cm³/mol. The molecule has 0 saturated carbocycles. The van der Waals surface area contributed by atoms with Crippen LogP contribution in [-0.2, 0) is 4.79 Å². The molecule has 2 nitrogen and oxygen atoms in total. The van der Waals surface area contributed by atoms with Gasteiger partial charge in [-0.3, -0.25) is 9.78 Å². The maximum atomic E-state index is 10.8. The molecular weight excluding hydrogens is 186 g/mol. The molecule has 0 spiro atoms. The number of carbonyl (C=O) groups is 1. The van der Waals surface area contributed by atoms with Gasteiger partial charge in [-0.1, -0.05) is 12.7 Å². The molecule has 0 aromatic carbocycles. The van der Waals surface area contributed by atoms with E-state index in [-0.39, 0.29) is 0 Å². The molecule has 1 heterocycles. The van der Waals surface area contributed by atoms with Crippen LogP contribution in [0.2, 0.25) is 0 Å². The quantitative estimate of drug-likeness (QED) is 0.682. The van der Waals surface area contributed by atoms with Gasteiger partial charge in [-0.15, -0.1) is 0 Å². The van der Waals surface area contributed by atoms with Crippen molar-refractivity contribution in [3.05, 3.63) is 60.0 Å². The Morgan fingerprint density at radius 3 is 2.73 bits per heavy atom. The Balaban J connectivity index is 2.38. The summed E-state index contributed by atoms with van der Waals surface area (Å²) in [6.45, 7) is 3.84. The highest BCUT2D eigenvalue weighted by molar-refractivity contribution is 5.89. The molecule has 1 aromatic heterocycles. The molecule has 15 heavy (non-hydrogen) atoms. The summed E-state index contributed by atoms with van der Waals surface area (Å²) < 4.78 is 0. The summed E-state index contributed by atoms with van der Waals surface area (Å²) in [5.74, 6) is 0. The summed E-state index contributed by atoms with van der Waals surface area (Å²) in [5, 5.41) is 0. The number of nitrogens with zero attached hydrogens (tertiary/aromatic N) is 1. The molecule has 0 fully saturated rings. The first-order valence-electron chi connectivity index (χ1n) is 4.77. The molecule has 0 unspecified atom stereocenters. The number of aromatic nitrogens is 1. The van der Waals surface area contributed by atoms with Crippen molar-refractivity contribution in [1.82, 2.24) is 4.98 Å². The molecule has 0 atom stereocenters. The van der Waals surface area contributed by atoms with Gasteiger partial charge in [0.25, 0.3) is 0 Å². The van der Waals surface area contributed by atoms with Gasteiger partial charge in [-0.25, -0.2) is 0 Å². The zero-order chi connectivity index (χ0) is 10.7. The average Bonchev–Trinajstić information content (AvgIpc) is 2.31. The third-order valence-corrected chi connectivity index (χ3v) is 2.43. The maximum Gasteiger partial charge on any atom is 0.150 e. The van der Waals surface area contributed by atoms with Crippen LogP contribution in [0.1, 0.15) is 12.0 Å². The van der Waals surface area contributed by atoms with Gasteiger partial charge in [0.2, 0.25) is 0 Å². The lowest BCUT2D eigenvalue weighted by Crippen LogP contribution is -1.96.